The smallest absolute Gasteiger partial charge is 0.259 e. The van der Waals surface area contributed by atoms with Gasteiger partial charge in [0.25, 0.3) is 5.91 Å². The van der Waals surface area contributed by atoms with Gasteiger partial charge in [0.2, 0.25) is 5.91 Å². The highest BCUT2D eigenvalue weighted by molar-refractivity contribution is 6.30. The zero-order valence-corrected chi connectivity index (χ0v) is 18.5. The quantitative estimate of drug-likeness (QED) is 0.591. The SMILES string of the molecule is CC(C)N1CCC(C(=O)Nc2c(O)cccc2C(=O)Nc2ccc(Cl)cn2)CC1.Cl. The minimum absolute atomic E-state index is 0. The number of phenols is 1. The van der Waals surface area contributed by atoms with Gasteiger partial charge in [-0.15, -0.1) is 12.4 Å². The molecule has 0 radical (unpaired) electrons. The summed E-state index contributed by atoms with van der Waals surface area (Å²) in [6, 6.07) is 8.17. The Morgan fingerprint density at radius 2 is 1.87 bits per heavy atom. The lowest BCUT2D eigenvalue weighted by atomic mass is 9.95. The van der Waals surface area contributed by atoms with Crippen molar-refractivity contribution in [1.82, 2.24) is 9.88 Å². The lowest BCUT2D eigenvalue weighted by Crippen LogP contribution is -2.41. The van der Waals surface area contributed by atoms with E-state index in [9.17, 15) is 14.7 Å². The first-order chi connectivity index (χ1) is 13.8. The number of carbonyl (C=O) groups excluding carboxylic acids is 2. The van der Waals surface area contributed by atoms with Gasteiger partial charge in [0, 0.05) is 18.2 Å². The van der Waals surface area contributed by atoms with Gasteiger partial charge in [-0.25, -0.2) is 4.98 Å². The van der Waals surface area contributed by atoms with E-state index in [1.165, 1.54) is 12.3 Å². The Hall–Kier alpha value is -2.35. The van der Waals surface area contributed by atoms with E-state index in [1.54, 1.807) is 24.3 Å². The van der Waals surface area contributed by atoms with Crippen molar-refractivity contribution in [3.63, 3.8) is 0 Å². The molecule has 2 heterocycles. The molecule has 1 aromatic heterocycles. The van der Waals surface area contributed by atoms with Gasteiger partial charge in [0.05, 0.1) is 16.3 Å². The first-order valence-corrected chi connectivity index (χ1v) is 10.0. The van der Waals surface area contributed by atoms with E-state index < -0.39 is 5.91 Å². The summed E-state index contributed by atoms with van der Waals surface area (Å²) in [7, 11) is 0. The van der Waals surface area contributed by atoms with Gasteiger partial charge < -0.3 is 20.6 Å². The van der Waals surface area contributed by atoms with E-state index >= 15 is 0 Å². The van der Waals surface area contributed by atoms with E-state index in [0.717, 1.165) is 25.9 Å². The van der Waals surface area contributed by atoms with Crippen LogP contribution in [0, 0.1) is 5.92 Å². The summed E-state index contributed by atoms with van der Waals surface area (Å²) in [4.78, 5) is 31.8. The maximum absolute atomic E-state index is 12.8. The van der Waals surface area contributed by atoms with Crippen LogP contribution in [0.25, 0.3) is 0 Å². The Morgan fingerprint density at radius 1 is 1.17 bits per heavy atom. The number of likely N-dealkylation sites (tertiary alicyclic amines) is 1. The first-order valence-electron chi connectivity index (χ1n) is 9.65. The largest absolute Gasteiger partial charge is 0.506 e. The zero-order valence-electron chi connectivity index (χ0n) is 16.9. The summed E-state index contributed by atoms with van der Waals surface area (Å²) in [6.07, 6.45) is 2.91. The van der Waals surface area contributed by atoms with Gasteiger partial charge in [-0.05, 0) is 64.0 Å². The van der Waals surface area contributed by atoms with Crippen molar-refractivity contribution in [1.29, 1.82) is 0 Å². The number of aromatic hydroxyl groups is 1. The van der Waals surface area contributed by atoms with E-state index in [1.807, 2.05) is 0 Å². The molecule has 0 atom stereocenters. The number of nitrogens with one attached hydrogen (secondary N) is 2. The van der Waals surface area contributed by atoms with Crippen LogP contribution in [0.5, 0.6) is 5.75 Å². The van der Waals surface area contributed by atoms with E-state index in [0.29, 0.717) is 16.9 Å². The van der Waals surface area contributed by atoms with Crippen LogP contribution in [-0.4, -0.2) is 45.9 Å². The normalized spacial score (nSPS) is 14.8. The van der Waals surface area contributed by atoms with Gasteiger partial charge in [-0.3, -0.25) is 9.59 Å². The molecule has 0 saturated carbocycles. The monoisotopic (exact) mass is 452 g/mol. The Morgan fingerprint density at radius 3 is 2.47 bits per heavy atom. The molecule has 1 saturated heterocycles. The zero-order chi connectivity index (χ0) is 21.0. The van der Waals surface area contributed by atoms with Crippen LogP contribution >= 0.6 is 24.0 Å². The summed E-state index contributed by atoms with van der Waals surface area (Å²) >= 11 is 5.81. The van der Waals surface area contributed by atoms with Crippen LogP contribution in [0.15, 0.2) is 36.5 Å². The van der Waals surface area contributed by atoms with Crippen molar-refractivity contribution in [2.75, 3.05) is 23.7 Å². The van der Waals surface area contributed by atoms with Gasteiger partial charge in [-0.1, -0.05) is 17.7 Å². The molecule has 30 heavy (non-hydrogen) atoms. The van der Waals surface area contributed by atoms with Crippen LogP contribution in [-0.2, 0) is 4.79 Å². The van der Waals surface area contributed by atoms with E-state index in [-0.39, 0.29) is 41.2 Å². The minimum atomic E-state index is -0.486. The third kappa shape index (κ3) is 5.84. The van der Waals surface area contributed by atoms with Crippen molar-refractivity contribution in [2.24, 2.45) is 5.92 Å². The molecule has 0 spiro atoms. The second kappa shape index (κ2) is 10.6. The maximum Gasteiger partial charge on any atom is 0.259 e. The molecule has 162 valence electrons. The predicted octanol–water partition coefficient (Wildman–Crippen LogP) is 4.17. The Kier molecular flexibility index (Phi) is 8.46. The Labute approximate surface area is 187 Å². The second-order valence-electron chi connectivity index (χ2n) is 7.41. The van der Waals surface area contributed by atoms with Crippen molar-refractivity contribution >= 4 is 47.3 Å². The number of halogens is 2. The van der Waals surface area contributed by atoms with Gasteiger partial charge in [0.1, 0.15) is 11.6 Å². The molecule has 1 fully saturated rings. The molecule has 2 aromatic rings. The molecule has 0 aliphatic carbocycles. The number of piperidine rings is 1. The molecular formula is C21H26Cl2N4O3. The van der Waals surface area contributed by atoms with Crippen LogP contribution in [0.4, 0.5) is 11.5 Å². The third-order valence-electron chi connectivity index (χ3n) is 5.13. The highest BCUT2D eigenvalue weighted by Gasteiger charge is 2.27. The van der Waals surface area contributed by atoms with Gasteiger partial charge in [0.15, 0.2) is 0 Å². The Bertz CT molecular complexity index is 882. The lowest BCUT2D eigenvalue weighted by molar-refractivity contribution is -0.121. The number of hydrogen-bond donors (Lipinski definition) is 3. The van der Waals surface area contributed by atoms with Gasteiger partial charge >= 0.3 is 0 Å². The highest BCUT2D eigenvalue weighted by Crippen LogP contribution is 2.30. The molecular weight excluding hydrogens is 427 g/mol. The van der Waals surface area contributed by atoms with Crippen LogP contribution in [0.3, 0.4) is 0 Å². The minimum Gasteiger partial charge on any atom is -0.506 e. The molecule has 0 unspecified atom stereocenters. The number of para-hydroxylation sites is 1. The summed E-state index contributed by atoms with van der Waals surface area (Å²) < 4.78 is 0. The van der Waals surface area contributed by atoms with Crippen molar-refractivity contribution < 1.29 is 14.7 Å². The van der Waals surface area contributed by atoms with Crippen LogP contribution in [0.1, 0.15) is 37.0 Å². The van der Waals surface area contributed by atoms with Crippen molar-refractivity contribution in [2.45, 2.75) is 32.7 Å². The average Bonchev–Trinajstić information content (AvgIpc) is 2.71. The number of hydrogen-bond acceptors (Lipinski definition) is 5. The van der Waals surface area contributed by atoms with E-state index in [2.05, 4.69) is 34.4 Å². The highest BCUT2D eigenvalue weighted by atomic mass is 35.5. The van der Waals surface area contributed by atoms with Crippen molar-refractivity contribution in [3.05, 3.63) is 47.1 Å². The second-order valence-corrected chi connectivity index (χ2v) is 7.85. The number of pyridine rings is 1. The number of carbonyl (C=O) groups is 2. The lowest BCUT2D eigenvalue weighted by Gasteiger charge is -2.34. The molecule has 3 rings (SSSR count). The average molecular weight is 453 g/mol. The number of aromatic nitrogens is 1. The summed E-state index contributed by atoms with van der Waals surface area (Å²) in [5.41, 5.74) is 0.268. The van der Waals surface area contributed by atoms with E-state index in [4.69, 9.17) is 11.6 Å². The molecule has 7 nitrogen and oxygen atoms in total. The number of phenolic OH excluding ortho intramolecular Hbond substituents is 1. The third-order valence-corrected chi connectivity index (χ3v) is 5.36. The molecule has 3 N–H and O–H groups in total. The fourth-order valence-corrected chi connectivity index (χ4v) is 3.51. The standard InChI is InChI=1S/C21H25ClN4O3.ClH/c1-13(2)26-10-8-14(9-11-26)20(28)25-19-16(4-3-5-17(19)27)21(29)24-18-7-6-15(22)12-23-18;/h3-7,12-14,27H,8-11H2,1-2H3,(H,25,28)(H,23,24,29);1H. The molecule has 1 aliphatic heterocycles. The fourth-order valence-electron chi connectivity index (χ4n) is 3.40. The fraction of sp³-hybridized carbons (Fsp3) is 0.381. The predicted molar refractivity (Wildman–Crippen MR) is 121 cm³/mol. The summed E-state index contributed by atoms with van der Waals surface area (Å²) in [5, 5.41) is 16.1. The maximum atomic E-state index is 12.8. The topological polar surface area (TPSA) is 94.6 Å². The molecule has 9 heteroatoms. The Balaban J connectivity index is 0.00000320. The molecule has 1 aromatic carbocycles. The number of nitrogens with zero attached hydrogens (tertiary/aromatic N) is 2. The number of benzene rings is 1. The van der Waals surface area contributed by atoms with Crippen LogP contribution < -0.4 is 10.6 Å². The molecule has 1 aliphatic rings. The number of amides is 2. The molecule has 0 bridgehead atoms. The number of rotatable bonds is 5. The van der Waals surface area contributed by atoms with Crippen LogP contribution in [0.2, 0.25) is 5.02 Å². The number of anilines is 2. The molecule has 2 amide bonds. The summed E-state index contributed by atoms with van der Waals surface area (Å²) in [5.74, 6) is -0.663. The first kappa shape index (κ1) is 23.9. The van der Waals surface area contributed by atoms with Crippen molar-refractivity contribution in [3.8, 4) is 5.75 Å². The summed E-state index contributed by atoms with van der Waals surface area (Å²) in [6.45, 7) is 5.99. The van der Waals surface area contributed by atoms with Gasteiger partial charge in [-0.2, -0.15) is 0 Å².